The topological polar surface area (TPSA) is 154 Å². The minimum absolute atomic E-state index is 0.0932. The van der Waals surface area contributed by atoms with Gasteiger partial charge in [0, 0.05) is 23.7 Å². The van der Waals surface area contributed by atoms with Gasteiger partial charge in [-0.3, -0.25) is 24.0 Å². The van der Waals surface area contributed by atoms with Crippen molar-refractivity contribution in [2.24, 2.45) is 17.3 Å². The molecule has 0 spiro atoms. The number of sulfonamides is 1. The molecule has 1 saturated heterocycles. The fourth-order valence-electron chi connectivity index (χ4n) is 7.82. The lowest BCUT2D eigenvalue weighted by Crippen LogP contribution is -2.59. The van der Waals surface area contributed by atoms with Gasteiger partial charge in [0.05, 0.1) is 23.4 Å². The summed E-state index contributed by atoms with van der Waals surface area (Å²) in [6.07, 6.45) is -4.30. The maximum atomic E-state index is 14.6. The number of likely N-dealkylation sites (tertiary alicyclic amines) is 1. The molecular weight excluding hydrogens is 782 g/mol. The largest absolute Gasteiger partial charge is 0.444 e. The van der Waals surface area contributed by atoms with E-state index >= 15 is 0 Å². The molecule has 7 rings (SSSR count). The Morgan fingerprint density at radius 2 is 1.73 bits per heavy atom. The summed E-state index contributed by atoms with van der Waals surface area (Å²) in [6.45, 7) is 6.51. The molecule has 2 heterocycles. The summed E-state index contributed by atoms with van der Waals surface area (Å²) < 4.78 is 88.5. The summed E-state index contributed by atoms with van der Waals surface area (Å²) in [5, 5.41) is 6.03. The van der Waals surface area contributed by atoms with E-state index in [0.29, 0.717) is 30.0 Å². The fraction of sp³-hybridized carbons (Fsp3) is 0.579. The van der Waals surface area contributed by atoms with E-state index in [9.17, 15) is 45.2 Å². The summed E-state index contributed by atoms with van der Waals surface area (Å²) in [6, 6.07) is 4.45. The summed E-state index contributed by atoms with van der Waals surface area (Å²) in [4.78, 5) is 58.8. The van der Waals surface area contributed by atoms with E-state index in [0.717, 1.165) is 34.9 Å². The van der Waals surface area contributed by atoms with Crippen LogP contribution in [-0.4, -0.2) is 77.1 Å². The number of carbonyl (C=O) groups is 4. The highest BCUT2D eigenvalue weighted by atomic mass is 35.5. The molecule has 4 fully saturated rings. The third kappa shape index (κ3) is 7.77. The number of alkyl halides is 3. The Hall–Kier alpha value is -4.12. The summed E-state index contributed by atoms with van der Waals surface area (Å²) in [7, 11) is -4.05. The quantitative estimate of drug-likeness (QED) is 0.257. The van der Waals surface area contributed by atoms with Crippen LogP contribution >= 0.6 is 11.6 Å². The minimum atomic E-state index is -4.88. The Kier molecular flexibility index (Phi) is 9.86. The lowest BCUT2D eigenvalue weighted by atomic mass is 9.85. The van der Waals surface area contributed by atoms with Crippen molar-refractivity contribution in [2.45, 2.75) is 114 Å². The van der Waals surface area contributed by atoms with E-state index in [-0.39, 0.29) is 50.0 Å². The highest BCUT2D eigenvalue weighted by Gasteiger charge is 2.67. The Morgan fingerprint density at radius 1 is 1.04 bits per heavy atom. The Bertz CT molecular complexity index is 2090. The Labute approximate surface area is 327 Å². The number of benzene rings is 2. The van der Waals surface area contributed by atoms with Crippen LogP contribution in [0, 0.1) is 23.1 Å². The molecule has 0 unspecified atom stereocenters. The molecule has 2 aromatic carbocycles. The number of anilines is 1. The van der Waals surface area contributed by atoms with Crippen LogP contribution in [0.25, 0.3) is 0 Å². The number of fused-ring (bicyclic) bond motifs is 1. The highest BCUT2D eigenvalue weighted by molar-refractivity contribution is 7.91. The van der Waals surface area contributed by atoms with Crippen LogP contribution < -0.4 is 15.4 Å². The second-order valence-electron chi connectivity index (χ2n) is 17.1. The maximum Gasteiger partial charge on any atom is 0.416 e. The highest BCUT2D eigenvalue weighted by Crippen LogP contribution is 2.57. The fourth-order valence-corrected chi connectivity index (χ4v) is 9.39. The zero-order valence-corrected chi connectivity index (χ0v) is 32.8. The summed E-state index contributed by atoms with van der Waals surface area (Å²) in [5.41, 5.74) is -2.60. The van der Waals surface area contributed by atoms with Crippen molar-refractivity contribution in [3.63, 3.8) is 0 Å². The van der Waals surface area contributed by atoms with Crippen molar-refractivity contribution >= 4 is 51.1 Å². The van der Waals surface area contributed by atoms with Gasteiger partial charge in [-0.15, -0.1) is 0 Å². The number of hydrogen-bond acceptors (Lipinski definition) is 8. The lowest BCUT2D eigenvalue weighted by molar-refractivity contribution is -0.141. The summed E-state index contributed by atoms with van der Waals surface area (Å²) in [5.74, 6) is -3.83. The second kappa shape index (κ2) is 13.8. The van der Waals surface area contributed by atoms with E-state index < -0.39 is 85.3 Å². The van der Waals surface area contributed by atoms with Gasteiger partial charge in [0.25, 0.3) is 5.91 Å². The van der Waals surface area contributed by atoms with Crippen LogP contribution in [0.1, 0.15) is 82.9 Å². The molecule has 56 heavy (non-hydrogen) atoms. The molecule has 304 valence electrons. The average molecular weight is 826 g/mol. The number of carbonyl (C=O) groups excluding carboxylic acids is 4. The van der Waals surface area contributed by atoms with Crippen molar-refractivity contribution in [3.05, 3.63) is 63.9 Å². The number of nitrogens with zero attached hydrogens (tertiary/aromatic N) is 2. The smallest absolute Gasteiger partial charge is 0.416 e. The monoisotopic (exact) mass is 825 g/mol. The molecular formula is C38H44ClF4N5O7S. The van der Waals surface area contributed by atoms with Crippen molar-refractivity contribution in [3.8, 4) is 0 Å². The first-order valence-electron chi connectivity index (χ1n) is 18.6. The van der Waals surface area contributed by atoms with Gasteiger partial charge in [-0.05, 0) is 91.7 Å². The first-order valence-corrected chi connectivity index (χ1v) is 20.4. The number of rotatable bonds is 10. The molecule has 0 radical (unpaired) electrons. The molecule has 2 aromatic rings. The molecule has 3 saturated carbocycles. The second-order valence-corrected chi connectivity index (χ2v) is 19.7. The van der Waals surface area contributed by atoms with E-state index in [1.54, 1.807) is 32.9 Å². The van der Waals surface area contributed by atoms with Crippen LogP contribution in [0.2, 0.25) is 5.02 Å². The number of nitrogens with one attached hydrogen (secondary N) is 3. The van der Waals surface area contributed by atoms with E-state index in [1.807, 2.05) is 6.07 Å². The lowest BCUT2D eigenvalue weighted by Gasteiger charge is -2.36. The molecule has 3 N–H and O–H groups in total. The Balaban J connectivity index is 1.16. The zero-order valence-electron chi connectivity index (χ0n) is 31.3. The van der Waals surface area contributed by atoms with Crippen molar-refractivity contribution in [1.29, 1.82) is 0 Å². The molecule has 4 amide bonds. The van der Waals surface area contributed by atoms with Crippen molar-refractivity contribution < 1.29 is 49.9 Å². The van der Waals surface area contributed by atoms with Gasteiger partial charge in [0.15, 0.2) is 0 Å². The van der Waals surface area contributed by atoms with Gasteiger partial charge in [-0.2, -0.15) is 13.2 Å². The third-order valence-corrected chi connectivity index (χ3v) is 14.3. The van der Waals surface area contributed by atoms with Crippen LogP contribution in [0.3, 0.4) is 0 Å². The molecule has 2 aliphatic heterocycles. The average Bonchev–Trinajstić information content (AvgIpc) is 4.05. The SMILES string of the molecule is CC(C)(C)[C@H](Nc1cc(F)cc(C(F)(F)F)c1)C(=O)N1C[C@H](OC(=O)N2Cc3cccc(Cl)c3C2)C[C@H]1C(=O)N[C@]1(C(=O)NS(=O)(=O)C2(C)CC2)C[C@H]1C1CC1. The summed E-state index contributed by atoms with van der Waals surface area (Å²) >= 11 is 6.34. The zero-order chi connectivity index (χ0) is 40.7. The number of ether oxygens (including phenoxy) is 1. The third-order valence-electron chi connectivity index (χ3n) is 11.7. The van der Waals surface area contributed by atoms with E-state index in [1.165, 1.54) is 11.8 Å². The van der Waals surface area contributed by atoms with Crippen LogP contribution in [0.4, 0.5) is 28.0 Å². The number of hydrogen-bond donors (Lipinski definition) is 3. The predicted octanol–water partition coefficient (Wildman–Crippen LogP) is 5.73. The van der Waals surface area contributed by atoms with Crippen LogP contribution in [0.5, 0.6) is 0 Å². The van der Waals surface area contributed by atoms with E-state index in [4.69, 9.17) is 16.3 Å². The van der Waals surface area contributed by atoms with Gasteiger partial charge in [0.2, 0.25) is 21.8 Å². The van der Waals surface area contributed by atoms with Crippen molar-refractivity contribution in [1.82, 2.24) is 19.8 Å². The molecule has 12 nitrogen and oxygen atoms in total. The van der Waals surface area contributed by atoms with Gasteiger partial charge < -0.3 is 20.3 Å². The predicted molar refractivity (Wildman–Crippen MR) is 196 cm³/mol. The van der Waals surface area contributed by atoms with E-state index in [2.05, 4.69) is 15.4 Å². The molecule has 3 aliphatic carbocycles. The maximum absolute atomic E-state index is 14.6. The Morgan fingerprint density at radius 3 is 2.34 bits per heavy atom. The van der Waals surface area contributed by atoms with Gasteiger partial charge >= 0.3 is 12.3 Å². The van der Waals surface area contributed by atoms with Gasteiger partial charge in [-0.25, -0.2) is 17.6 Å². The normalized spacial score (nSPS) is 25.9. The number of halogens is 5. The first kappa shape index (κ1) is 40.1. The van der Waals surface area contributed by atoms with Gasteiger partial charge in [0.1, 0.15) is 29.5 Å². The molecule has 5 atom stereocenters. The van der Waals surface area contributed by atoms with Crippen LogP contribution in [0.15, 0.2) is 36.4 Å². The molecule has 5 aliphatic rings. The molecule has 18 heteroatoms. The standard InChI is InChI=1S/C38H44ClF4N5O7S/c1-35(2,3)30(44-24-13-22(38(41,42)43)12-23(40)14-24)32(50)48-18-25(55-34(52)47-17-21-6-5-7-28(39)26(21)19-47)15-29(48)31(49)45-37(16-27(37)20-8-9-20)33(51)46-56(53,54)36(4)10-11-36/h5-7,12-14,20,25,27,29-30,44H,8-11,15-19H2,1-4H3,(H,45,49)(H,46,51)/t25-,27+,29+,30-,37-/m1/s1. The number of amides is 4. The molecule has 0 bridgehead atoms. The minimum Gasteiger partial charge on any atom is -0.444 e. The first-order chi connectivity index (χ1) is 26.0. The van der Waals surface area contributed by atoms with Gasteiger partial charge in [-0.1, -0.05) is 44.5 Å². The van der Waals surface area contributed by atoms with Crippen molar-refractivity contribution in [2.75, 3.05) is 11.9 Å². The molecule has 0 aromatic heterocycles. The van der Waals surface area contributed by atoms with Crippen LogP contribution in [-0.2, 0) is 48.4 Å².